The van der Waals surface area contributed by atoms with Crippen LogP contribution in [-0.2, 0) is 4.74 Å². The van der Waals surface area contributed by atoms with Gasteiger partial charge in [-0.15, -0.1) is 0 Å². The Bertz CT molecular complexity index is 1050. The van der Waals surface area contributed by atoms with Crippen LogP contribution < -0.4 is 15.0 Å². The van der Waals surface area contributed by atoms with E-state index in [1.807, 2.05) is 23.7 Å². The SMILES string of the molecule is Cc1cn2cc(/C3=C/c4ccc(N5CCCNCC5)nc4OCOC3)nc2cn1. The van der Waals surface area contributed by atoms with E-state index < -0.39 is 0 Å². The molecule has 150 valence electrons. The highest BCUT2D eigenvalue weighted by Crippen LogP contribution is 2.28. The number of aryl methyl sites for hydroxylation is 1. The summed E-state index contributed by atoms with van der Waals surface area (Å²) in [6, 6.07) is 4.14. The van der Waals surface area contributed by atoms with Gasteiger partial charge in [-0.2, -0.15) is 4.98 Å². The first-order valence-corrected chi connectivity index (χ1v) is 9.96. The molecule has 0 unspecified atom stereocenters. The Balaban J connectivity index is 1.49. The van der Waals surface area contributed by atoms with Gasteiger partial charge in [0, 0.05) is 43.2 Å². The van der Waals surface area contributed by atoms with Crippen LogP contribution in [0.3, 0.4) is 0 Å². The third-order valence-electron chi connectivity index (χ3n) is 5.20. The molecule has 0 spiro atoms. The molecule has 3 aromatic heterocycles. The predicted molar refractivity (Wildman–Crippen MR) is 111 cm³/mol. The average Bonchev–Trinajstić information content (AvgIpc) is 2.93. The largest absolute Gasteiger partial charge is 0.450 e. The summed E-state index contributed by atoms with van der Waals surface area (Å²) in [4.78, 5) is 16.1. The summed E-state index contributed by atoms with van der Waals surface area (Å²) < 4.78 is 13.5. The van der Waals surface area contributed by atoms with Gasteiger partial charge in [0.25, 0.3) is 0 Å². The number of anilines is 1. The number of pyridine rings is 1. The molecule has 0 atom stereocenters. The van der Waals surface area contributed by atoms with E-state index in [0.717, 1.165) is 66.6 Å². The summed E-state index contributed by atoms with van der Waals surface area (Å²) in [7, 11) is 0. The number of hydrogen-bond donors (Lipinski definition) is 1. The molecule has 29 heavy (non-hydrogen) atoms. The highest BCUT2D eigenvalue weighted by Gasteiger charge is 2.17. The van der Waals surface area contributed by atoms with Crippen LogP contribution >= 0.6 is 0 Å². The molecule has 1 N–H and O–H groups in total. The van der Waals surface area contributed by atoms with Gasteiger partial charge < -0.3 is 24.1 Å². The van der Waals surface area contributed by atoms with E-state index in [-0.39, 0.29) is 6.79 Å². The van der Waals surface area contributed by atoms with Crippen LogP contribution in [0.15, 0.2) is 30.7 Å². The summed E-state index contributed by atoms with van der Waals surface area (Å²) in [6.45, 7) is 6.50. The molecule has 1 saturated heterocycles. The maximum atomic E-state index is 5.79. The molecule has 1 fully saturated rings. The first kappa shape index (κ1) is 18.1. The second kappa shape index (κ2) is 7.81. The Kier molecular flexibility index (Phi) is 4.87. The Hall–Kier alpha value is -2.97. The summed E-state index contributed by atoms with van der Waals surface area (Å²) >= 11 is 0. The van der Waals surface area contributed by atoms with Crippen molar-refractivity contribution in [1.29, 1.82) is 0 Å². The monoisotopic (exact) mass is 392 g/mol. The van der Waals surface area contributed by atoms with Crippen molar-refractivity contribution in [3.63, 3.8) is 0 Å². The van der Waals surface area contributed by atoms with Crippen LogP contribution in [0.25, 0.3) is 17.3 Å². The number of rotatable bonds is 2. The summed E-state index contributed by atoms with van der Waals surface area (Å²) in [5.74, 6) is 1.54. The average molecular weight is 392 g/mol. The van der Waals surface area contributed by atoms with Crippen LogP contribution in [0.2, 0.25) is 0 Å². The number of imidazole rings is 1. The molecule has 8 nitrogen and oxygen atoms in total. The lowest BCUT2D eigenvalue weighted by Gasteiger charge is -2.23. The van der Waals surface area contributed by atoms with E-state index in [1.165, 1.54) is 0 Å². The number of hydrogen-bond acceptors (Lipinski definition) is 7. The molecule has 0 amide bonds. The normalized spacial score (nSPS) is 19.5. The molecule has 8 heteroatoms. The Morgan fingerprint density at radius 1 is 1.10 bits per heavy atom. The van der Waals surface area contributed by atoms with Crippen LogP contribution in [-0.4, -0.2) is 58.9 Å². The zero-order valence-electron chi connectivity index (χ0n) is 16.5. The summed E-state index contributed by atoms with van der Waals surface area (Å²) in [5, 5.41) is 3.42. The number of nitrogens with one attached hydrogen (secondary N) is 1. The Morgan fingerprint density at radius 3 is 3.03 bits per heavy atom. The molecule has 2 aliphatic heterocycles. The van der Waals surface area contributed by atoms with Crippen molar-refractivity contribution in [3.05, 3.63) is 47.7 Å². The minimum absolute atomic E-state index is 0.163. The van der Waals surface area contributed by atoms with Crippen molar-refractivity contribution >= 4 is 23.1 Å². The molecule has 0 radical (unpaired) electrons. The van der Waals surface area contributed by atoms with Crippen molar-refractivity contribution in [2.45, 2.75) is 13.3 Å². The van der Waals surface area contributed by atoms with Crippen LogP contribution in [0, 0.1) is 6.92 Å². The smallest absolute Gasteiger partial charge is 0.224 e. The third kappa shape index (κ3) is 3.81. The van der Waals surface area contributed by atoms with Crippen molar-refractivity contribution in [1.82, 2.24) is 24.7 Å². The second-order valence-corrected chi connectivity index (χ2v) is 7.35. The minimum Gasteiger partial charge on any atom is -0.450 e. The van der Waals surface area contributed by atoms with Gasteiger partial charge in [0.2, 0.25) is 5.88 Å². The molecule has 0 aliphatic carbocycles. The fourth-order valence-corrected chi connectivity index (χ4v) is 3.70. The zero-order chi connectivity index (χ0) is 19.6. The van der Waals surface area contributed by atoms with Gasteiger partial charge in [-0.1, -0.05) is 0 Å². The van der Waals surface area contributed by atoms with Gasteiger partial charge in [-0.25, -0.2) is 4.98 Å². The third-order valence-corrected chi connectivity index (χ3v) is 5.20. The summed E-state index contributed by atoms with van der Waals surface area (Å²) in [6.07, 6.45) is 8.92. The molecule has 5 heterocycles. The Morgan fingerprint density at radius 2 is 2.07 bits per heavy atom. The number of fused-ring (bicyclic) bond motifs is 2. The number of nitrogens with zero attached hydrogens (tertiary/aromatic N) is 5. The lowest BCUT2D eigenvalue weighted by atomic mass is 10.1. The molecular weight excluding hydrogens is 368 g/mol. The lowest BCUT2D eigenvalue weighted by molar-refractivity contribution is 0.0295. The minimum atomic E-state index is 0.163. The van der Waals surface area contributed by atoms with Gasteiger partial charge >= 0.3 is 0 Å². The molecule has 0 aromatic carbocycles. The first-order chi connectivity index (χ1) is 14.3. The van der Waals surface area contributed by atoms with Gasteiger partial charge in [0.05, 0.1) is 24.2 Å². The molecular formula is C21H24N6O2. The molecule has 0 bridgehead atoms. The number of ether oxygens (including phenoxy) is 2. The van der Waals surface area contributed by atoms with Gasteiger partial charge in [-0.05, 0) is 38.1 Å². The molecule has 3 aromatic rings. The maximum absolute atomic E-state index is 5.79. The fraction of sp³-hybridized carbons (Fsp3) is 0.381. The first-order valence-electron chi connectivity index (χ1n) is 9.96. The fourth-order valence-electron chi connectivity index (χ4n) is 3.70. The highest BCUT2D eigenvalue weighted by molar-refractivity contribution is 5.83. The van der Waals surface area contributed by atoms with E-state index in [9.17, 15) is 0 Å². The van der Waals surface area contributed by atoms with E-state index in [1.54, 1.807) is 6.20 Å². The van der Waals surface area contributed by atoms with E-state index in [2.05, 4.69) is 33.4 Å². The molecule has 0 saturated carbocycles. The van der Waals surface area contributed by atoms with Crippen LogP contribution in [0.5, 0.6) is 5.88 Å². The maximum Gasteiger partial charge on any atom is 0.224 e. The predicted octanol–water partition coefficient (Wildman–Crippen LogP) is 2.14. The molecule has 5 rings (SSSR count). The highest BCUT2D eigenvalue weighted by atomic mass is 16.7. The topological polar surface area (TPSA) is 76.8 Å². The van der Waals surface area contributed by atoms with Crippen molar-refractivity contribution in [2.24, 2.45) is 0 Å². The van der Waals surface area contributed by atoms with E-state index >= 15 is 0 Å². The number of aromatic nitrogens is 4. The Labute approximate surface area is 169 Å². The van der Waals surface area contributed by atoms with Gasteiger partial charge in [0.1, 0.15) is 5.82 Å². The lowest BCUT2D eigenvalue weighted by Crippen LogP contribution is -2.28. The van der Waals surface area contributed by atoms with Crippen LogP contribution in [0.4, 0.5) is 5.82 Å². The van der Waals surface area contributed by atoms with Crippen molar-refractivity contribution < 1.29 is 9.47 Å². The van der Waals surface area contributed by atoms with Crippen molar-refractivity contribution in [3.8, 4) is 5.88 Å². The van der Waals surface area contributed by atoms with Gasteiger partial charge in [0.15, 0.2) is 12.4 Å². The van der Waals surface area contributed by atoms with E-state index in [4.69, 9.17) is 19.4 Å². The second-order valence-electron chi connectivity index (χ2n) is 7.35. The van der Waals surface area contributed by atoms with Gasteiger partial charge in [-0.3, -0.25) is 4.98 Å². The zero-order valence-corrected chi connectivity index (χ0v) is 16.5. The summed E-state index contributed by atoms with van der Waals surface area (Å²) in [5.41, 5.74) is 4.56. The van der Waals surface area contributed by atoms with E-state index in [0.29, 0.717) is 12.5 Å². The quantitative estimate of drug-likeness (QED) is 0.716. The standard InChI is InChI=1S/C21H24N6O2/c1-15-11-27-12-18(24-20(27)10-23-15)17-9-16-3-4-19(25-21(16)29-14-28-13-17)26-7-2-5-22-6-8-26/h3-4,9-12,22H,2,5-8,13-14H2,1H3/b17-9+. The molecule has 2 aliphatic rings. The van der Waals surface area contributed by atoms with Crippen molar-refractivity contribution in [2.75, 3.05) is 44.5 Å². The van der Waals surface area contributed by atoms with Crippen LogP contribution in [0.1, 0.15) is 23.4 Å².